The molecule has 0 saturated heterocycles. The van der Waals surface area contributed by atoms with Crippen LogP contribution in [0.4, 0.5) is 0 Å². The predicted octanol–water partition coefficient (Wildman–Crippen LogP) is 3.75. The molecule has 100 valence electrons. The lowest BCUT2D eigenvalue weighted by molar-refractivity contribution is 0.408. The smallest absolute Gasteiger partial charge is 0.124 e. The Morgan fingerprint density at radius 1 is 0.947 bits per heavy atom. The Kier molecular flexibility index (Phi) is 3.91. The lowest BCUT2D eigenvalue weighted by Gasteiger charge is -2.14. The normalized spacial score (nSPS) is 10.6. The highest BCUT2D eigenvalue weighted by Gasteiger charge is 2.09. The van der Waals surface area contributed by atoms with Crippen LogP contribution in [-0.2, 0) is 6.54 Å². The van der Waals surface area contributed by atoms with Crippen molar-refractivity contribution in [3.63, 3.8) is 0 Å². The number of benzene rings is 2. The quantitative estimate of drug-likeness (QED) is 0.906. The molecule has 0 bridgehead atoms. The Bertz CT molecular complexity index is 579. The topological polar surface area (TPSA) is 35.2 Å². The van der Waals surface area contributed by atoms with Gasteiger partial charge in [-0.3, -0.25) is 0 Å². The molecule has 2 rings (SSSR count). The zero-order valence-electron chi connectivity index (χ0n) is 12.1. The Morgan fingerprint density at radius 2 is 1.58 bits per heavy atom. The summed E-state index contributed by atoms with van der Waals surface area (Å²) in [6, 6.07) is 10.7. The van der Waals surface area contributed by atoms with Crippen molar-refractivity contribution in [2.75, 3.05) is 7.11 Å². The monoisotopic (exact) mass is 255 g/mol. The highest BCUT2D eigenvalue weighted by Crippen LogP contribution is 2.31. The Hall–Kier alpha value is -1.80. The molecule has 2 N–H and O–H groups in total. The lowest BCUT2D eigenvalue weighted by atomic mass is 9.95. The molecular formula is C17H21NO. The first kappa shape index (κ1) is 13.6. The molecular weight excluding hydrogens is 234 g/mol. The van der Waals surface area contributed by atoms with Crippen molar-refractivity contribution >= 4 is 0 Å². The molecule has 19 heavy (non-hydrogen) atoms. The van der Waals surface area contributed by atoms with E-state index in [9.17, 15) is 0 Å². The maximum atomic E-state index is 5.73. The third kappa shape index (κ3) is 2.64. The second kappa shape index (κ2) is 5.45. The maximum absolute atomic E-state index is 5.73. The first-order chi connectivity index (χ1) is 9.06. The Morgan fingerprint density at radius 3 is 2.11 bits per heavy atom. The molecule has 0 aliphatic heterocycles. The molecule has 2 heteroatoms. The molecule has 0 radical (unpaired) electrons. The molecule has 0 aliphatic rings. The highest BCUT2D eigenvalue weighted by atomic mass is 16.5. The zero-order valence-corrected chi connectivity index (χ0v) is 12.1. The van der Waals surface area contributed by atoms with Crippen molar-refractivity contribution < 1.29 is 4.74 Å². The van der Waals surface area contributed by atoms with Gasteiger partial charge in [0.1, 0.15) is 5.75 Å². The highest BCUT2D eigenvalue weighted by molar-refractivity contribution is 5.71. The van der Waals surface area contributed by atoms with Crippen LogP contribution in [0.25, 0.3) is 11.1 Å². The molecule has 0 aromatic heterocycles. The van der Waals surface area contributed by atoms with Gasteiger partial charge in [-0.05, 0) is 72.4 Å². The summed E-state index contributed by atoms with van der Waals surface area (Å²) in [6.45, 7) is 6.86. The van der Waals surface area contributed by atoms with Gasteiger partial charge in [0.25, 0.3) is 0 Å². The molecule has 0 saturated carbocycles. The van der Waals surface area contributed by atoms with Crippen molar-refractivity contribution in [3.05, 3.63) is 52.6 Å². The molecule has 2 aromatic rings. The summed E-state index contributed by atoms with van der Waals surface area (Å²) in [5.41, 5.74) is 13.0. The molecule has 0 unspecified atom stereocenters. The lowest BCUT2D eigenvalue weighted by Crippen LogP contribution is -1.98. The van der Waals surface area contributed by atoms with Gasteiger partial charge in [-0.2, -0.15) is 0 Å². The second-order valence-corrected chi connectivity index (χ2v) is 5.00. The van der Waals surface area contributed by atoms with Crippen molar-refractivity contribution in [2.24, 2.45) is 5.73 Å². The first-order valence-corrected chi connectivity index (χ1v) is 6.52. The molecule has 0 heterocycles. The van der Waals surface area contributed by atoms with Gasteiger partial charge in [-0.15, -0.1) is 0 Å². The largest absolute Gasteiger partial charge is 0.496 e. The molecule has 0 atom stereocenters. The molecule has 0 amide bonds. The van der Waals surface area contributed by atoms with Gasteiger partial charge in [0.2, 0.25) is 0 Å². The number of hydrogen-bond acceptors (Lipinski definition) is 2. The summed E-state index contributed by atoms with van der Waals surface area (Å²) in [4.78, 5) is 0. The van der Waals surface area contributed by atoms with E-state index in [1.165, 1.54) is 16.7 Å². The Balaban J connectivity index is 2.59. The van der Waals surface area contributed by atoms with E-state index in [4.69, 9.17) is 10.5 Å². The van der Waals surface area contributed by atoms with Crippen LogP contribution in [0.15, 0.2) is 30.3 Å². The van der Waals surface area contributed by atoms with Crippen molar-refractivity contribution in [2.45, 2.75) is 27.3 Å². The number of aryl methyl sites for hydroxylation is 3. The van der Waals surface area contributed by atoms with E-state index in [0.717, 1.165) is 22.4 Å². The first-order valence-electron chi connectivity index (χ1n) is 6.52. The minimum Gasteiger partial charge on any atom is -0.496 e. The van der Waals surface area contributed by atoms with Gasteiger partial charge >= 0.3 is 0 Å². The molecule has 0 spiro atoms. The fourth-order valence-corrected chi connectivity index (χ4v) is 2.53. The minimum atomic E-state index is 0.571. The number of hydrogen-bond donors (Lipinski definition) is 1. The van der Waals surface area contributed by atoms with Gasteiger partial charge in [0.15, 0.2) is 0 Å². The standard InChI is InChI=1S/C17H21NO/c1-11-5-6-14(10-18)9-16(11)15-7-12(2)17(19-4)13(3)8-15/h5-9H,10,18H2,1-4H3. The SMILES string of the molecule is COc1c(C)cc(-c2cc(CN)ccc2C)cc1C. The molecule has 2 nitrogen and oxygen atoms in total. The van der Waals surface area contributed by atoms with Crippen LogP contribution < -0.4 is 10.5 Å². The summed E-state index contributed by atoms with van der Waals surface area (Å²) in [5.74, 6) is 0.969. The van der Waals surface area contributed by atoms with E-state index in [-0.39, 0.29) is 0 Å². The second-order valence-electron chi connectivity index (χ2n) is 5.00. The van der Waals surface area contributed by atoms with Crippen LogP contribution in [-0.4, -0.2) is 7.11 Å². The summed E-state index contributed by atoms with van der Waals surface area (Å²) >= 11 is 0. The van der Waals surface area contributed by atoms with Gasteiger partial charge in [0, 0.05) is 6.54 Å². The van der Waals surface area contributed by atoms with Crippen molar-refractivity contribution in [3.8, 4) is 16.9 Å². The number of rotatable bonds is 3. The third-order valence-electron chi connectivity index (χ3n) is 3.51. The number of ether oxygens (including phenoxy) is 1. The summed E-state index contributed by atoms with van der Waals surface area (Å²) in [6.07, 6.45) is 0. The van der Waals surface area contributed by atoms with E-state index >= 15 is 0 Å². The fourth-order valence-electron chi connectivity index (χ4n) is 2.53. The van der Waals surface area contributed by atoms with Gasteiger partial charge < -0.3 is 10.5 Å². The van der Waals surface area contributed by atoms with Crippen LogP contribution in [0.2, 0.25) is 0 Å². The molecule has 0 fully saturated rings. The van der Waals surface area contributed by atoms with E-state index < -0.39 is 0 Å². The molecule has 2 aromatic carbocycles. The van der Waals surface area contributed by atoms with E-state index in [1.807, 2.05) is 0 Å². The van der Waals surface area contributed by atoms with Crippen LogP contribution >= 0.6 is 0 Å². The van der Waals surface area contributed by atoms with E-state index in [0.29, 0.717) is 6.54 Å². The van der Waals surface area contributed by atoms with Crippen LogP contribution in [0.1, 0.15) is 22.3 Å². The average molecular weight is 255 g/mol. The Labute approximate surface area is 115 Å². The van der Waals surface area contributed by atoms with Crippen LogP contribution in [0.5, 0.6) is 5.75 Å². The number of methoxy groups -OCH3 is 1. The van der Waals surface area contributed by atoms with E-state index in [2.05, 4.69) is 51.1 Å². The maximum Gasteiger partial charge on any atom is 0.124 e. The fraction of sp³-hybridized carbons (Fsp3) is 0.294. The van der Waals surface area contributed by atoms with E-state index in [1.54, 1.807) is 7.11 Å². The van der Waals surface area contributed by atoms with Gasteiger partial charge in [-0.1, -0.05) is 12.1 Å². The predicted molar refractivity (Wildman–Crippen MR) is 80.5 cm³/mol. The van der Waals surface area contributed by atoms with Crippen molar-refractivity contribution in [1.82, 2.24) is 0 Å². The molecule has 0 aliphatic carbocycles. The summed E-state index contributed by atoms with van der Waals surface area (Å²) < 4.78 is 5.42. The summed E-state index contributed by atoms with van der Waals surface area (Å²) in [5, 5.41) is 0. The van der Waals surface area contributed by atoms with Crippen LogP contribution in [0.3, 0.4) is 0 Å². The minimum absolute atomic E-state index is 0.571. The average Bonchev–Trinajstić information content (AvgIpc) is 2.39. The van der Waals surface area contributed by atoms with Gasteiger partial charge in [-0.25, -0.2) is 0 Å². The van der Waals surface area contributed by atoms with Crippen molar-refractivity contribution in [1.29, 1.82) is 0 Å². The summed E-state index contributed by atoms with van der Waals surface area (Å²) in [7, 11) is 1.72. The van der Waals surface area contributed by atoms with Gasteiger partial charge in [0.05, 0.1) is 7.11 Å². The zero-order chi connectivity index (χ0) is 14.0. The number of nitrogens with two attached hydrogens (primary N) is 1. The van der Waals surface area contributed by atoms with Crippen LogP contribution in [0, 0.1) is 20.8 Å². The third-order valence-corrected chi connectivity index (χ3v) is 3.51.